The third-order valence-corrected chi connectivity index (χ3v) is 4.67. The van der Waals surface area contributed by atoms with Gasteiger partial charge in [-0.15, -0.1) is 11.3 Å². The number of hydrogen-bond acceptors (Lipinski definition) is 4. The molecule has 1 fully saturated rings. The van der Waals surface area contributed by atoms with Crippen molar-refractivity contribution in [3.63, 3.8) is 0 Å². The van der Waals surface area contributed by atoms with Crippen molar-refractivity contribution >= 4 is 38.9 Å². The minimum absolute atomic E-state index is 0.0586. The van der Waals surface area contributed by atoms with Crippen LogP contribution in [0.5, 0.6) is 0 Å². The molecule has 1 saturated carbocycles. The fourth-order valence-electron chi connectivity index (χ4n) is 2.19. The SMILES string of the molecule is CN(CC(=O)NC1CC1)C(=O)c1sc2ccccc2c1N. The van der Waals surface area contributed by atoms with E-state index in [9.17, 15) is 9.59 Å². The van der Waals surface area contributed by atoms with E-state index in [-0.39, 0.29) is 18.4 Å². The van der Waals surface area contributed by atoms with Crippen molar-refractivity contribution in [1.82, 2.24) is 10.2 Å². The fourth-order valence-corrected chi connectivity index (χ4v) is 3.30. The molecule has 3 N–H and O–H groups in total. The second-order valence-electron chi connectivity index (χ2n) is 5.34. The van der Waals surface area contributed by atoms with E-state index in [4.69, 9.17) is 5.73 Å². The first-order valence-electron chi connectivity index (χ1n) is 6.88. The number of nitrogens with two attached hydrogens (primary N) is 1. The van der Waals surface area contributed by atoms with E-state index in [0.29, 0.717) is 16.6 Å². The van der Waals surface area contributed by atoms with Gasteiger partial charge in [0.15, 0.2) is 0 Å². The molecule has 2 aromatic rings. The highest BCUT2D eigenvalue weighted by atomic mass is 32.1. The predicted octanol–water partition coefficient (Wildman–Crippen LogP) is 1.83. The first-order valence-corrected chi connectivity index (χ1v) is 7.69. The van der Waals surface area contributed by atoms with Gasteiger partial charge in [0.2, 0.25) is 5.91 Å². The average Bonchev–Trinajstić information content (AvgIpc) is 3.21. The highest BCUT2D eigenvalue weighted by molar-refractivity contribution is 7.21. The van der Waals surface area contributed by atoms with Gasteiger partial charge >= 0.3 is 0 Å². The highest BCUT2D eigenvalue weighted by Crippen LogP contribution is 2.33. The molecule has 5 nitrogen and oxygen atoms in total. The Bertz CT molecular complexity index is 706. The first-order chi connectivity index (χ1) is 10.1. The largest absolute Gasteiger partial charge is 0.397 e. The minimum atomic E-state index is -0.209. The summed E-state index contributed by atoms with van der Waals surface area (Å²) in [7, 11) is 1.62. The van der Waals surface area contributed by atoms with Gasteiger partial charge in [0.25, 0.3) is 5.91 Å². The van der Waals surface area contributed by atoms with E-state index < -0.39 is 0 Å². The van der Waals surface area contributed by atoms with Gasteiger partial charge in [-0.2, -0.15) is 0 Å². The molecule has 1 aliphatic carbocycles. The van der Waals surface area contributed by atoms with E-state index in [1.165, 1.54) is 16.2 Å². The van der Waals surface area contributed by atoms with Crippen molar-refractivity contribution in [3.05, 3.63) is 29.1 Å². The summed E-state index contributed by atoms with van der Waals surface area (Å²) in [5.41, 5.74) is 6.56. The standard InChI is InChI=1S/C15H17N3O2S/c1-18(8-12(19)17-9-6-7-9)15(20)14-13(16)10-4-2-3-5-11(10)21-14/h2-5,9H,6-8,16H2,1H3,(H,17,19). The maximum atomic E-state index is 12.4. The molecular formula is C15H17N3O2S. The Hall–Kier alpha value is -2.08. The van der Waals surface area contributed by atoms with Gasteiger partial charge in [-0.1, -0.05) is 18.2 Å². The summed E-state index contributed by atoms with van der Waals surface area (Å²) < 4.78 is 0.981. The first kappa shape index (κ1) is 13.9. The van der Waals surface area contributed by atoms with Crippen molar-refractivity contribution in [2.45, 2.75) is 18.9 Å². The number of hydrogen-bond donors (Lipinski definition) is 2. The summed E-state index contributed by atoms with van der Waals surface area (Å²) in [5.74, 6) is -0.326. The van der Waals surface area contributed by atoms with Crippen molar-refractivity contribution < 1.29 is 9.59 Å². The number of carbonyl (C=O) groups is 2. The van der Waals surface area contributed by atoms with Gasteiger partial charge in [-0.05, 0) is 18.9 Å². The maximum Gasteiger partial charge on any atom is 0.266 e. The zero-order chi connectivity index (χ0) is 15.0. The zero-order valence-electron chi connectivity index (χ0n) is 11.8. The molecule has 0 radical (unpaired) electrons. The minimum Gasteiger partial charge on any atom is -0.397 e. The number of nitrogens with one attached hydrogen (secondary N) is 1. The molecule has 1 aliphatic rings. The summed E-state index contributed by atoms with van der Waals surface area (Å²) in [6.07, 6.45) is 2.07. The van der Waals surface area contributed by atoms with E-state index in [2.05, 4.69) is 5.32 Å². The average molecular weight is 303 g/mol. The summed E-state index contributed by atoms with van der Waals surface area (Å²) >= 11 is 1.37. The van der Waals surface area contributed by atoms with Crippen molar-refractivity contribution in [1.29, 1.82) is 0 Å². The molecule has 0 saturated heterocycles. The Morgan fingerprint density at radius 1 is 1.38 bits per heavy atom. The molecule has 110 valence electrons. The third-order valence-electron chi connectivity index (χ3n) is 3.50. The normalized spacial score (nSPS) is 14.1. The lowest BCUT2D eigenvalue weighted by Crippen LogP contribution is -2.39. The lowest BCUT2D eigenvalue weighted by Gasteiger charge is -2.16. The fraction of sp³-hybridized carbons (Fsp3) is 0.333. The molecule has 3 rings (SSSR count). The van der Waals surface area contributed by atoms with Crippen molar-refractivity contribution in [2.75, 3.05) is 19.3 Å². The highest BCUT2D eigenvalue weighted by Gasteiger charge is 2.25. The van der Waals surface area contributed by atoms with Crippen LogP contribution in [0.3, 0.4) is 0 Å². The number of amides is 2. The second-order valence-corrected chi connectivity index (χ2v) is 6.40. The molecule has 21 heavy (non-hydrogen) atoms. The van der Waals surface area contributed by atoms with Gasteiger partial charge in [0, 0.05) is 23.2 Å². The summed E-state index contributed by atoms with van der Waals surface area (Å²) in [5, 5.41) is 3.76. The van der Waals surface area contributed by atoms with Gasteiger partial charge in [-0.25, -0.2) is 0 Å². The van der Waals surface area contributed by atoms with Gasteiger partial charge in [0.05, 0.1) is 12.2 Å². The number of fused-ring (bicyclic) bond motifs is 1. The summed E-state index contributed by atoms with van der Waals surface area (Å²) in [6, 6.07) is 7.95. The Kier molecular flexibility index (Phi) is 3.55. The summed E-state index contributed by atoms with van der Waals surface area (Å²) in [4.78, 5) is 26.1. The topological polar surface area (TPSA) is 75.4 Å². The number of thiophene rings is 1. The van der Waals surface area contributed by atoms with Crippen LogP contribution in [0.2, 0.25) is 0 Å². The Labute approximate surface area is 126 Å². The lowest BCUT2D eigenvalue weighted by molar-refractivity contribution is -0.121. The molecule has 0 aliphatic heterocycles. The molecular weight excluding hydrogens is 286 g/mol. The molecule has 0 atom stereocenters. The second kappa shape index (κ2) is 5.37. The third kappa shape index (κ3) is 2.85. The quantitative estimate of drug-likeness (QED) is 0.905. The van der Waals surface area contributed by atoms with E-state index in [0.717, 1.165) is 22.9 Å². The molecule has 0 unspecified atom stereocenters. The summed E-state index contributed by atoms with van der Waals surface area (Å²) in [6.45, 7) is 0.0586. The van der Waals surface area contributed by atoms with Crippen LogP contribution in [0.15, 0.2) is 24.3 Å². The van der Waals surface area contributed by atoms with Crippen LogP contribution in [0, 0.1) is 0 Å². The van der Waals surface area contributed by atoms with Crippen LogP contribution in [-0.2, 0) is 4.79 Å². The molecule has 1 aromatic carbocycles. The molecule has 0 spiro atoms. The van der Waals surface area contributed by atoms with Gasteiger partial charge < -0.3 is 16.0 Å². The van der Waals surface area contributed by atoms with E-state index >= 15 is 0 Å². The van der Waals surface area contributed by atoms with Crippen LogP contribution in [0.1, 0.15) is 22.5 Å². The smallest absolute Gasteiger partial charge is 0.266 e. The monoisotopic (exact) mass is 303 g/mol. The molecule has 2 amide bonds. The molecule has 0 bridgehead atoms. The van der Waals surface area contributed by atoms with Crippen molar-refractivity contribution in [2.24, 2.45) is 0 Å². The number of likely N-dealkylation sites (N-methyl/N-ethyl adjacent to an activating group) is 1. The lowest BCUT2D eigenvalue weighted by atomic mass is 10.2. The number of carbonyl (C=O) groups excluding carboxylic acids is 2. The van der Waals surface area contributed by atoms with Crippen molar-refractivity contribution in [3.8, 4) is 0 Å². The number of nitrogens with zero attached hydrogens (tertiary/aromatic N) is 1. The van der Waals surface area contributed by atoms with E-state index in [1.54, 1.807) is 7.05 Å². The number of rotatable bonds is 4. The number of nitrogen functional groups attached to an aromatic ring is 1. The van der Waals surface area contributed by atoms with Crippen LogP contribution in [-0.4, -0.2) is 36.3 Å². The number of anilines is 1. The van der Waals surface area contributed by atoms with Crippen LogP contribution >= 0.6 is 11.3 Å². The molecule has 1 heterocycles. The Morgan fingerprint density at radius 2 is 2.10 bits per heavy atom. The predicted molar refractivity (Wildman–Crippen MR) is 84.4 cm³/mol. The zero-order valence-corrected chi connectivity index (χ0v) is 12.6. The van der Waals surface area contributed by atoms with Crippen LogP contribution in [0.4, 0.5) is 5.69 Å². The van der Waals surface area contributed by atoms with E-state index in [1.807, 2.05) is 24.3 Å². The van der Waals surface area contributed by atoms with Gasteiger partial charge in [-0.3, -0.25) is 9.59 Å². The Balaban J connectivity index is 1.75. The Morgan fingerprint density at radius 3 is 2.76 bits per heavy atom. The molecule has 6 heteroatoms. The number of benzene rings is 1. The molecule has 1 aromatic heterocycles. The van der Waals surface area contributed by atoms with Crippen LogP contribution in [0.25, 0.3) is 10.1 Å². The van der Waals surface area contributed by atoms with Gasteiger partial charge in [0.1, 0.15) is 4.88 Å². The maximum absolute atomic E-state index is 12.4. The van der Waals surface area contributed by atoms with Crippen LogP contribution < -0.4 is 11.1 Å².